The molecule has 4 aromatic carbocycles. The standard InChI is InChI=1S/C28H23F3N2/c1-19(25-8-4-6-21-5-2-3-7-26(21)25)32-18-20-9-14-27-22(17-20)15-16-33(27)24-12-10-23(11-13-24)28(29,30)31/h2-17,19,32H,18H2,1H3. The Morgan fingerprint density at radius 1 is 0.818 bits per heavy atom. The van der Waals surface area contributed by atoms with Gasteiger partial charge in [-0.05, 0) is 71.3 Å². The first-order valence-electron chi connectivity index (χ1n) is 10.9. The highest BCUT2D eigenvalue weighted by atomic mass is 19.4. The van der Waals surface area contributed by atoms with Gasteiger partial charge in [0.1, 0.15) is 0 Å². The van der Waals surface area contributed by atoms with Crippen molar-refractivity contribution in [1.29, 1.82) is 0 Å². The number of alkyl halides is 3. The monoisotopic (exact) mass is 444 g/mol. The maximum absolute atomic E-state index is 12.9. The molecular formula is C28H23F3N2. The molecule has 166 valence electrons. The molecule has 0 aliphatic heterocycles. The van der Waals surface area contributed by atoms with Crippen molar-refractivity contribution < 1.29 is 13.2 Å². The van der Waals surface area contributed by atoms with Crippen LogP contribution >= 0.6 is 0 Å². The Kier molecular flexibility index (Phi) is 5.43. The third-order valence-electron chi connectivity index (χ3n) is 6.13. The number of benzene rings is 4. The zero-order valence-corrected chi connectivity index (χ0v) is 18.1. The number of nitrogens with zero attached hydrogens (tertiary/aromatic N) is 1. The molecule has 1 heterocycles. The SMILES string of the molecule is CC(NCc1ccc2c(ccn2-c2ccc(C(F)(F)F)cc2)c1)c1cccc2ccccc12. The van der Waals surface area contributed by atoms with Crippen molar-refractivity contribution in [2.75, 3.05) is 0 Å². The Hall–Kier alpha value is -3.57. The van der Waals surface area contributed by atoms with E-state index < -0.39 is 11.7 Å². The molecule has 1 N–H and O–H groups in total. The summed E-state index contributed by atoms with van der Waals surface area (Å²) >= 11 is 0. The van der Waals surface area contributed by atoms with E-state index in [4.69, 9.17) is 0 Å². The van der Waals surface area contributed by atoms with Crippen LogP contribution in [0.15, 0.2) is 97.2 Å². The first-order valence-corrected chi connectivity index (χ1v) is 10.9. The van der Waals surface area contributed by atoms with Crippen LogP contribution in [0, 0.1) is 0 Å². The predicted octanol–water partition coefficient (Wildman–Crippen LogP) is 7.65. The summed E-state index contributed by atoms with van der Waals surface area (Å²) in [7, 11) is 0. The summed E-state index contributed by atoms with van der Waals surface area (Å²) in [6.45, 7) is 2.88. The number of aromatic nitrogens is 1. The van der Waals surface area contributed by atoms with Gasteiger partial charge in [-0.25, -0.2) is 0 Å². The first kappa shape index (κ1) is 21.3. The van der Waals surface area contributed by atoms with Crippen molar-refractivity contribution in [2.24, 2.45) is 0 Å². The van der Waals surface area contributed by atoms with Crippen molar-refractivity contribution in [1.82, 2.24) is 9.88 Å². The van der Waals surface area contributed by atoms with Gasteiger partial charge in [-0.15, -0.1) is 0 Å². The van der Waals surface area contributed by atoms with Gasteiger partial charge in [0.25, 0.3) is 0 Å². The lowest BCUT2D eigenvalue weighted by Crippen LogP contribution is -2.18. The maximum atomic E-state index is 12.9. The third-order valence-corrected chi connectivity index (χ3v) is 6.13. The van der Waals surface area contributed by atoms with Crippen LogP contribution in [0.3, 0.4) is 0 Å². The molecule has 0 spiro atoms. The molecule has 0 aliphatic carbocycles. The topological polar surface area (TPSA) is 17.0 Å². The second-order valence-electron chi connectivity index (χ2n) is 8.29. The van der Waals surface area contributed by atoms with Gasteiger partial charge in [0.15, 0.2) is 0 Å². The Morgan fingerprint density at radius 3 is 2.36 bits per heavy atom. The van der Waals surface area contributed by atoms with E-state index in [0.717, 1.165) is 28.6 Å². The van der Waals surface area contributed by atoms with Crippen molar-refractivity contribution in [3.8, 4) is 5.69 Å². The minimum atomic E-state index is -4.33. The summed E-state index contributed by atoms with van der Waals surface area (Å²) in [4.78, 5) is 0. The summed E-state index contributed by atoms with van der Waals surface area (Å²) in [5.74, 6) is 0. The molecule has 0 radical (unpaired) electrons. The maximum Gasteiger partial charge on any atom is 0.416 e. The van der Waals surface area contributed by atoms with E-state index in [1.165, 1.54) is 28.5 Å². The lowest BCUT2D eigenvalue weighted by molar-refractivity contribution is -0.137. The van der Waals surface area contributed by atoms with Crippen LogP contribution < -0.4 is 5.32 Å². The fraction of sp³-hybridized carbons (Fsp3) is 0.143. The smallest absolute Gasteiger partial charge is 0.317 e. The quantitative estimate of drug-likeness (QED) is 0.295. The number of hydrogen-bond donors (Lipinski definition) is 1. The van der Waals surface area contributed by atoms with Crippen molar-refractivity contribution in [3.05, 3.63) is 114 Å². The van der Waals surface area contributed by atoms with Crippen molar-refractivity contribution in [3.63, 3.8) is 0 Å². The fourth-order valence-electron chi connectivity index (χ4n) is 4.35. The summed E-state index contributed by atoms with van der Waals surface area (Å²) in [6, 6.07) is 28.4. The van der Waals surface area contributed by atoms with Gasteiger partial charge in [-0.1, -0.05) is 48.5 Å². The molecule has 2 nitrogen and oxygen atoms in total. The highest BCUT2D eigenvalue weighted by Gasteiger charge is 2.30. The zero-order chi connectivity index (χ0) is 23.0. The molecule has 0 aliphatic rings. The molecule has 5 heteroatoms. The van der Waals surface area contributed by atoms with Gasteiger partial charge >= 0.3 is 6.18 Å². The number of fused-ring (bicyclic) bond motifs is 2. The van der Waals surface area contributed by atoms with Gasteiger partial charge in [0.05, 0.1) is 11.1 Å². The molecule has 0 fully saturated rings. The molecule has 0 amide bonds. The van der Waals surface area contributed by atoms with E-state index in [1.54, 1.807) is 0 Å². The molecule has 1 atom stereocenters. The van der Waals surface area contributed by atoms with Gasteiger partial charge in [0, 0.05) is 29.9 Å². The van der Waals surface area contributed by atoms with Crippen LogP contribution in [-0.2, 0) is 12.7 Å². The van der Waals surface area contributed by atoms with E-state index in [1.807, 2.05) is 22.9 Å². The van der Waals surface area contributed by atoms with Crippen LogP contribution in [0.2, 0.25) is 0 Å². The highest BCUT2D eigenvalue weighted by molar-refractivity contribution is 5.86. The summed E-state index contributed by atoms with van der Waals surface area (Å²) < 4.78 is 40.5. The second kappa shape index (κ2) is 8.41. The zero-order valence-electron chi connectivity index (χ0n) is 18.1. The summed E-state index contributed by atoms with van der Waals surface area (Å²) in [5, 5.41) is 7.15. The van der Waals surface area contributed by atoms with Crippen LogP contribution in [0.4, 0.5) is 13.2 Å². The van der Waals surface area contributed by atoms with Crippen LogP contribution in [0.1, 0.15) is 29.7 Å². The lowest BCUT2D eigenvalue weighted by atomic mass is 9.99. The van der Waals surface area contributed by atoms with Gasteiger partial charge in [-0.2, -0.15) is 13.2 Å². The fourth-order valence-corrected chi connectivity index (χ4v) is 4.35. The van der Waals surface area contributed by atoms with E-state index in [0.29, 0.717) is 12.2 Å². The molecule has 0 bridgehead atoms. The number of halogens is 3. The number of rotatable bonds is 5. The number of hydrogen-bond acceptors (Lipinski definition) is 1. The highest BCUT2D eigenvalue weighted by Crippen LogP contribution is 2.30. The second-order valence-corrected chi connectivity index (χ2v) is 8.29. The largest absolute Gasteiger partial charge is 0.416 e. The van der Waals surface area contributed by atoms with E-state index in [2.05, 4.69) is 66.8 Å². The lowest BCUT2D eigenvalue weighted by Gasteiger charge is -2.17. The Balaban J connectivity index is 1.34. The Morgan fingerprint density at radius 2 is 1.58 bits per heavy atom. The normalized spacial score (nSPS) is 13.0. The van der Waals surface area contributed by atoms with Crippen LogP contribution in [0.5, 0.6) is 0 Å². The summed E-state index contributed by atoms with van der Waals surface area (Å²) in [6.07, 6.45) is -2.44. The van der Waals surface area contributed by atoms with E-state index >= 15 is 0 Å². The summed E-state index contributed by atoms with van der Waals surface area (Å²) in [5.41, 5.74) is 3.44. The molecular weight excluding hydrogens is 421 g/mol. The Labute approximate surface area is 190 Å². The van der Waals surface area contributed by atoms with Crippen molar-refractivity contribution in [2.45, 2.75) is 25.7 Å². The average Bonchev–Trinajstić information content (AvgIpc) is 3.25. The first-order chi connectivity index (χ1) is 15.9. The third kappa shape index (κ3) is 4.24. The van der Waals surface area contributed by atoms with Gasteiger partial charge in [-0.3, -0.25) is 0 Å². The van der Waals surface area contributed by atoms with Crippen LogP contribution in [-0.4, -0.2) is 4.57 Å². The molecule has 5 rings (SSSR count). The molecule has 0 saturated heterocycles. The van der Waals surface area contributed by atoms with E-state index in [9.17, 15) is 13.2 Å². The molecule has 5 aromatic rings. The minimum Gasteiger partial charge on any atom is -0.317 e. The van der Waals surface area contributed by atoms with Crippen molar-refractivity contribution >= 4 is 21.7 Å². The molecule has 1 unspecified atom stereocenters. The van der Waals surface area contributed by atoms with Crippen LogP contribution in [0.25, 0.3) is 27.4 Å². The Bertz CT molecular complexity index is 1410. The van der Waals surface area contributed by atoms with Gasteiger partial charge in [0.2, 0.25) is 0 Å². The minimum absolute atomic E-state index is 0.184. The molecule has 0 saturated carbocycles. The van der Waals surface area contributed by atoms with Gasteiger partial charge < -0.3 is 9.88 Å². The average molecular weight is 445 g/mol. The molecule has 1 aromatic heterocycles. The predicted molar refractivity (Wildman–Crippen MR) is 127 cm³/mol. The van der Waals surface area contributed by atoms with E-state index in [-0.39, 0.29) is 6.04 Å². The number of nitrogens with one attached hydrogen (secondary N) is 1. The molecule has 33 heavy (non-hydrogen) atoms.